The number of pyridine rings is 1. The molecule has 4 nitrogen and oxygen atoms in total. The predicted octanol–water partition coefficient (Wildman–Crippen LogP) is 6.55. The van der Waals surface area contributed by atoms with Gasteiger partial charge in [-0.15, -0.1) is 0 Å². The molecule has 188 valence electrons. The van der Waals surface area contributed by atoms with Gasteiger partial charge in [0.15, 0.2) is 0 Å². The van der Waals surface area contributed by atoms with E-state index in [1.165, 1.54) is 43.2 Å². The largest absolute Gasteiger partial charge is 0.338 e. The van der Waals surface area contributed by atoms with Gasteiger partial charge in [-0.05, 0) is 86.7 Å². The summed E-state index contributed by atoms with van der Waals surface area (Å²) in [6, 6.07) is 13.2. The van der Waals surface area contributed by atoms with Gasteiger partial charge in [-0.25, -0.2) is 0 Å². The van der Waals surface area contributed by atoms with Crippen LogP contribution in [0.2, 0.25) is 0 Å². The highest BCUT2D eigenvalue weighted by molar-refractivity contribution is 5.95. The summed E-state index contributed by atoms with van der Waals surface area (Å²) >= 11 is 0. The first-order valence-corrected chi connectivity index (χ1v) is 14.1. The van der Waals surface area contributed by atoms with Crippen molar-refractivity contribution in [3.05, 3.63) is 64.5 Å². The number of carbonyl (C=O) groups excluding carboxylic acids is 1. The average Bonchev–Trinajstić information content (AvgIpc) is 2.89. The quantitative estimate of drug-likeness (QED) is 0.494. The van der Waals surface area contributed by atoms with Gasteiger partial charge in [0.1, 0.15) is 0 Å². The Bertz CT molecular complexity index is 1010. The molecule has 35 heavy (non-hydrogen) atoms. The summed E-state index contributed by atoms with van der Waals surface area (Å²) < 4.78 is 0. The van der Waals surface area contributed by atoms with Gasteiger partial charge in [0.05, 0.1) is 11.3 Å². The van der Waals surface area contributed by atoms with E-state index >= 15 is 0 Å². The van der Waals surface area contributed by atoms with Gasteiger partial charge in [0.2, 0.25) is 0 Å². The number of aromatic nitrogens is 1. The lowest BCUT2D eigenvalue weighted by molar-refractivity contribution is 0.0518. The minimum Gasteiger partial charge on any atom is -0.338 e. The van der Waals surface area contributed by atoms with Crippen LogP contribution in [0, 0.1) is 18.8 Å². The van der Waals surface area contributed by atoms with Crippen molar-refractivity contribution in [3.8, 4) is 0 Å². The number of carbonyl (C=O) groups is 1. The van der Waals surface area contributed by atoms with Crippen LogP contribution < -0.4 is 0 Å². The molecule has 1 aromatic carbocycles. The van der Waals surface area contributed by atoms with E-state index in [-0.39, 0.29) is 5.91 Å². The standard InChI is InChI=1S/C31H43N3O/c1-22(2)25-11-9-24(10-12-25)20-33-17-14-27(15-18-33)30-29(13-8-23(3)32-30)31(35)34-19-16-26-6-4-5-7-28(26)21-34/h8-13,22,26-28H,4-7,14-21H2,1-3H3/t26-,28+/m0/s1. The first-order chi connectivity index (χ1) is 17.0. The second-order valence-corrected chi connectivity index (χ2v) is 11.7. The van der Waals surface area contributed by atoms with Crippen LogP contribution >= 0.6 is 0 Å². The molecule has 0 N–H and O–H groups in total. The number of benzene rings is 1. The summed E-state index contributed by atoms with van der Waals surface area (Å²) in [7, 11) is 0. The molecule has 3 heterocycles. The fourth-order valence-electron chi connectivity index (χ4n) is 6.66. The normalized spacial score (nSPS) is 23.9. The van der Waals surface area contributed by atoms with Gasteiger partial charge in [0.25, 0.3) is 5.91 Å². The molecule has 0 unspecified atom stereocenters. The predicted molar refractivity (Wildman–Crippen MR) is 143 cm³/mol. The molecule has 2 aliphatic heterocycles. The van der Waals surface area contributed by atoms with Crippen LogP contribution in [0.3, 0.4) is 0 Å². The van der Waals surface area contributed by atoms with Gasteiger partial charge in [0, 0.05) is 31.2 Å². The summed E-state index contributed by atoms with van der Waals surface area (Å²) in [5.74, 6) is 2.73. The molecular weight excluding hydrogens is 430 g/mol. The van der Waals surface area contributed by atoms with Crippen LogP contribution in [0.5, 0.6) is 0 Å². The van der Waals surface area contributed by atoms with E-state index in [0.29, 0.717) is 17.8 Å². The number of nitrogens with zero attached hydrogens (tertiary/aromatic N) is 3. The van der Waals surface area contributed by atoms with Crippen molar-refractivity contribution in [1.29, 1.82) is 0 Å². The molecular formula is C31H43N3O. The third-order valence-corrected chi connectivity index (χ3v) is 8.90. The molecule has 1 amide bonds. The highest BCUT2D eigenvalue weighted by atomic mass is 16.2. The number of amides is 1. The van der Waals surface area contributed by atoms with Crippen molar-refractivity contribution in [2.24, 2.45) is 11.8 Å². The van der Waals surface area contributed by atoms with Crippen molar-refractivity contribution in [2.75, 3.05) is 26.2 Å². The third kappa shape index (κ3) is 5.63. The summed E-state index contributed by atoms with van der Waals surface area (Å²) in [6.45, 7) is 11.6. The van der Waals surface area contributed by atoms with Crippen LogP contribution in [0.1, 0.15) is 104 Å². The summed E-state index contributed by atoms with van der Waals surface area (Å²) in [4.78, 5) is 23.4. The Balaban J connectivity index is 1.23. The van der Waals surface area contributed by atoms with E-state index in [0.717, 1.165) is 68.4 Å². The van der Waals surface area contributed by atoms with Crippen LogP contribution in [-0.4, -0.2) is 46.9 Å². The Kier molecular flexibility index (Phi) is 7.57. The summed E-state index contributed by atoms with van der Waals surface area (Å²) in [6.07, 6.45) is 8.71. The van der Waals surface area contributed by atoms with Crippen LogP contribution in [0.4, 0.5) is 0 Å². The Morgan fingerprint density at radius 1 is 0.914 bits per heavy atom. The van der Waals surface area contributed by atoms with Crippen molar-refractivity contribution in [1.82, 2.24) is 14.8 Å². The average molecular weight is 474 g/mol. The fraction of sp³-hybridized carbons (Fsp3) is 0.613. The van der Waals surface area contributed by atoms with Crippen LogP contribution in [-0.2, 0) is 6.54 Å². The molecule has 0 radical (unpaired) electrons. The fourth-order valence-corrected chi connectivity index (χ4v) is 6.66. The van der Waals surface area contributed by atoms with E-state index < -0.39 is 0 Å². The van der Waals surface area contributed by atoms with E-state index in [1.54, 1.807) is 0 Å². The van der Waals surface area contributed by atoms with E-state index in [2.05, 4.69) is 60.9 Å². The van der Waals surface area contributed by atoms with E-state index in [9.17, 15) is 4.79 Å². The number of hydrogen-bond donors (Lipinski definition) is 0. The lowest BCUT2D eigenvalue weighted by Crippen LogP contribution is -2.45. The molecule has 1 saturated carbocycles. The van der Waals surface area contributed by atoms with Crippen LogP contribution in [0.25, 0.3) is 0 Å². The van der Waals surface area contributed by atoms with Crippen molar-refractivity contribution < 1.29 is 4.79 Å². The maximum atomic E-state index is 13.7. The van der Waals surface area contributed by atoms with Gasteiger partial charge in [-0.3, -0.25) is 14.7 Å². The first kappa shape index (κ1) is 24.5. The molecule has 2 saturated heterocycles. The third-order valence-electron chi connectivity index (χ3n) is 8.90. The highest BCUT2D eigenvalue weighted by Gasteiger charge is 2.35. The molecule has 3 fully saturated rings. The number of fused-ring (bicyclic) bond motifs is 1. The topological polar surface area (TPSA) is 36.4 Å². The number of piperidine rings is 2. The minimum atomic E-state index is 0.226. The van der Waals surface area contributed by atoms with Crippen molar-refractivity contribution in [3.63, 3.8) is 0 Å². The molecule has 2 atom stereocenters. The van der Waals surface area contributed by atoms with Crippen molar-refractivity contribution in [2.45, 2.75) is 84.1 Å². The second-order valence-electron chi connectivity index (χ2n) is 11.7. The Morgan fingerprint density at radius 2 is 1.63 bits per heavy atom. The Morgan fingerprint density at radius 3 is 2.34 bits per heavy atom. The molecule has 0 bridgehead atoms. The molecule has 2 aromatic rings. The molecule has 3 aliphatic rings. The molecule has 5 rings (SSSR count). The number of rotatable bonds is 5. The number of hydrogen-bond acceptors (Lipinski definition) is 3. The summed E-state index contributed by atoms with van der Waals surface area (Å²) in [5, 5.41) is 0. The zero-order chi connectivity index (χ0) is 24.4. The number of aryl methyl sites for hydroxylation is 1. The van der Waals surface area contributed by atoms with E-state index in [1.807, 2.05) is 6.07 Å². The molecule has 1 aliphatic carbocycles. The maximum Gasteiger partial charge on any atom is 0.255 e. The van der Waals surface area contributed by atoms with E-state index in [4.69, 9.17) is 4.98 Å². The zero-order valence-electron chi connectivity index (χ0n) is 22.0. The van der Waals surface area contributed by atoms with Gasteiger partial charge in [-0.2, -0.15) is 0 Å². The lowest BCUT2D eigenvalue weighted by Gasteiger charge is -2.41. The number of likely N-dealkylation sites (tertiary alicyclic amines) is 2. The highest BCUT2D eigenvalue weighted by Crippen LogP contribution is 2.37. The zero-order valence-corrected chi connectivity index (χ0v) is 22.0. The molecule has 1 aromatic heterocycles. The van der Waals surface area contributed by atoms with Crippen LogP contribution in [0.15, 0.2) is 36.4 Å². The smallest absolute Gasteiger partial charge is 0.255 e. The molecule has 4 heteroatoms. The minimum absolute atomic E-state index is 0.226. The van der Waals surface area contributed by atoms with Gasteiger partial charge in [-0.1, -0.05) is 57.4 Å². The van der Waals surface area contributed by atoms with Crippen molar-refractivity contribution >= 4 is 5.91 Å². The molecule has 0 spiro atoms. The maximum absolute atomic E-state index is 13.7. The van der Waals surface area contributed by atoms with Gasteiger partial charge < -0.3 is 4.90 Å². The second kappa shape index (κ2) is 10.8. The van der Waals surface area contributed by atoms with Gasteiger partial charge >= 0.3 is 0 Å². The Labute approximate surface area is 212 Å². The Hall–Kier alpha value is -2.20. The lowest BCUT2D eigenvalue weighted by atomic mass is 9.75. The first-order valence-electron chi connectivity index (χ1n) is 14.1. The monoisotopic (exact) mass is 473 g/mol. The SMILES string of the molecule is Cc1ccc(C(=O)N2CC[C@@H]3CCCC[C@@H]3C2)c(C2CCN(Cc3ccc(C(C)C)cc3)CC2)n1. The summed E-state index contributed by atoms with van der Waals surface area (Å²) in [5.41, 5.74) is 5.75.